The summed E-state index contributed by atoms with van der Waals surface area (Å²) in [5.74, 6) is 1.79. The molecule has 19 heavy (non-hydrogen) atoms. The van der Waals surface area contributed by atoms with Gasteiger partial charge in [0.25, 0.3) is 0 Å². The van der Waals surface area contributed by atoms with Gasteiger partial charge in [0.05, 0.1) is 0 Å². The van der Waals surface area contributed by atoms with Crippen LogP contribution in [0.4, 0.5) is 0 Å². The maximum Gasteiger partial charge on any atom is 0.191 e. The van der Waals surface area contributed by atoms with E-state index in [1.165, 1.54) is 58.2 Å². The van der Waals surface area contributed by atoms with Crippen molar-refractivity contribution in [3.63, 3.8) is 0 Å². The molecule has 4 heteroatoms. The van der Waals surface area contributed by atoms with Gasteiger partial charge in [-0.3, -0.25) is 4.99 Å². The number of nitrogens with zero attached hydrogens (tertiary/aromatic N) is 2. The molecule has 1 heterocycles. The minimum Gasteiger partial charge on any atom is -0.356 e. The van der Waals surface area contributed by atoms with Crippen molar-refractivity contribution in [2.24, 2.45) is 10.9 Å². The Bertz CT molecular complexity index is 284. The summed E-state index contributed by atoms with van der Waals surface area (Å²) in [6.45, 7) is 7.10. The summed E-state index contributed by atoms with van der Waals surface area (Å²) in [7, 11) is 1.88. The van der Waals surface area contributed by atoms with Crippen LogP contribution in [-0.2, 0) is 0 Å². The summed E-state index contributed by atoms with van der Waals surface area (Å²) >= 11 is 0. The molecular weight excluding hydrogens is 236 g/mol. The van der Waals surface area contributed by atoms with Crippen LogP contribution in [0.3, 0.4) is 0 Å². The number of nitrogens with one attached hydrogen (secondary N) is 2. The molecule has 0 aromatic carbocycles. The number of guanidine groups is 1. The van der Waals surface area contributed by atoms with Crippen LogP contribution in [0.1, 0.15) is 45.4 Å². The zero-order chi connectivity index (χ0) is 13.5. The fourth-order valence-corrected chi connectivity index (χ4v) is 3.30. The highest BCUT2D eigenvalue weighted by Gasteiger charge is 2.22. The lowest BCUT2D eigenvalue weighted by molar-refractivity contribution is 0.324. The zero-order valence-corrected chi connectivity index (χ0v) is 12.6. The molecule has 2 fully saturated rings. The molecule has 0 aromatic rings. The number of hydrogen-bond donors (Lipinski definition) is 2. The van der Waals surface area contributed by atoms with E-state index in [0.29, 0.717) is 6.04 Å². The van der Waals surface area contributed by atoms with E-state index < -0.39 is 0 Å². The van der Waals surface area contributed by atoms with Crippen LogP contribution in [0.2, 0.25) is 0 Å². The van der Waals surface area contributed by atoms with Gasteiger partial charge in [-0.1, -0.05) is 19.8 Å². The highest BCUT2D eigenvalue weighted by atomic mass is 15.2. The third-order valence-corrected chi connectivity index (χ3v) is 4.39. The SMILES string of the molecule is CCCN1CCC(CNC(=NC)NC2CCCC2)C1. The van der Waals surface area contributed by atoms with Gasteiger partial charge in [-0.15, -0.1) is 0 Å². The molecule has 2 aliphatic rings. The van der Waals surface area contributed by atoms with Crippen molar-refractivity contribution >= 4 is 5.96 Å². The minimum atomic E-state index is 0.645. The smallest absolute Gasteiger partial charge is 0.191 e. The zero-order valence-electron chi connectivity index (χ0n) is 12.6. The van der Waals surface area contributed by atoms with Gasteiger partial charge in [-0.2, -0.15) is 0 Å². The molecular formula is C15H30N4. The van der Waals surface area contributed by atoms with Gasteiger partial charge in [-0.05, 0) is 44.7 Å². The number of rotatable bonds is 5. The Balaban J connectivity index is 1.66. The summed E-state index contributed by atoms with van der Waals surface area (Å²) in [5.41, 5.74) is 0. The predicted molar refractivity (Wildman–Crippen MR) is 81.6 cm³/mol. The average molecular weight is 266 g/mol. The summed E-state index contributed by atoms with van der Waals surface area (Å²) in [4.78, 5) is 6.93. The highest BCUT2D eigenvalue weighted by Crippen LogP contribution is 2.18. The average Bonchev–Trinajstić information content (AvgIpc) is 3.06. The fraction of sp³-hybridized carbons (Fsp3) is 0.933. The second kappa shape index (κ2) is 7.73. The molecule has 110 valence electrons. The van der Waals surface area contributed by atoms with Crippen molar-refractivity contribution in [1.82, 2.24) is 15.5 Å². The number of likely N-dealkylation sites (tertiary alicyclic amines) is 1. The topological polar surface area (TPSA) is 39.7 Å². The van der Waals surface area contributed by atoms with E-state index in [2.05, 4.69) is 27.4 Å². The first kappa shape index (κ1) is 14.6. The molecule has 1 aliphatic carbocycles. The summed E-state index contributed by atoms with van der Waals surface area (Å²) in [6, 6.07) is 0.645. The van der Waals surface area contributed by atoms with Crippen LogP contribution >= 0.6 is 0 Å². The summed E-state index contributed by atoms with van der Waals surface area (Å²) in [5, 5.41) is 7.06. The van der Waals surface area contributed by atoms with Crippen LogP contribution in [0.5, 0.6) is 0 Å². The number of hydrogen-bond acceptors (Lipinski definition) is 2. The lowest BCUT2D eigenvalue weighted by atomic mass is 10.1. The molecule has 1 saturated heterocycles. The van der Waals surface area contributed by atoms with E-state index in [0.717, 1.165) is 18.4 Å². The second-order valence-electron chi connectivity index (χ2n) is 6.03. The van der Waals surface area contributed by atoms with E-state index in [4.69, 9.17) is 0 Å². The lowest BCUT2D eigenvalue weighted by Crippen LogP contribution is -2.44. The maximum atomic E-state index is 4.35. The van der Waals surface area contributed by atoms with E-state index in [1.54, 1.807) is 0 Å². The monoisotopic (exact) mass is 266 g/mol. The van der Waals surface area contributed by atoms with Crippen LogP contribution in [0.25, 0.3) is 0 Å². The van der Waals surface area contributed by atoms with Gasteiger partial charge in [0.2, 0.25) is 0 Å². The Morgan fingerprint density at radius 1 is 1.26 bits per heavy atom. The summed E-state index contributed by atoms with van der Waals surface area (Å²) in [6.07, 6.45) is 7.92. The Morgan fingerprint density at radius 3 is 2.74 bits per heavy atom. The van der Waals surface area contributed by atoms with Gasteiger partial charge in [0, 0.05) is 26.2 Å². The van der Waals surface area contributed by atoms with E-state index in [1.807, 2.05) is 7.05 Å². The van der Waals surface area contributed by atoms with Crippen LogP contribution in [0.15, 0.2) is 4.99 Å². The molecule has 0 bridgehead atoms. The molecule has 0 spiro atoms. The van der Waals surface area contributed by atoms with E-state index >= 15 is 0 Å². The third kappa shape index (κ3) is 4.68. The van der Waals surface area contributed by atoms with Crippen molar-refractivity contribution in [3.05, 3.63) is 0 Å². The first-order valence-corrected chi connectivity index (χ1v) is 8.01. The van der Waals surface area contributed by atoms with Gasteiger partial charge >= 0.3 is 0 Å². The van der Waals surface area contributed by atoms with Gasteiger partial charge < -0.3 is 15.5 Å². The van der Waals surface area contributed by atoms with Gasteiger partial charge in [-0.25, -0.2) is 0 Å². The van der Waals surface area contributed by atoms with Crippen LogP contribution in [-0.4, -0.2) is 50.1 Å². The standard InChI is InChI=1S/C15H30N4/c1-3-9-19-10-8-13(12-19)11-17-15(16-2)18-14-6-4-5-7-14/h13-14H,3-12H2,1-2H3,(H2,16,17,18). The first-order valence-electron chi connectivity index (χ1n) is 8.01. The Morgan fingerprint density at radius 2 is 2.05 bits per heavy atom. The normalized spacial score (nSPS) is 26.0. The Kier molecular flexibility index (Phi) is 5.95. The van der Waals surface area contributed by atoms with Crippen molar-refractivity contribution in [2.75, 3.05) is 33.2 Å². The predicted octanol–water partition coefficient (Wildman–Crippen LogP) is 1.83. The molecule has 2 N–H and O–H groups in total. The molecule has 1 aliphatic heterocycles. The fourth-order valence-electron chi connectivity index (χ4n) is 3.30. The van der Waals surface area contributed by atoms with Crippen molar-refractivity contribution in [2.45, 2.75) is 51.5 Å². The van der Waals surface area contributed by atoms with Crippen molar-refractivity contribution < 1.29 is 0 Å². The second-order valence-corrected chi connectivity index (χ2v) is 6.03. The third-order valence-electron chi connectivity index (χ3n) is 4.39. The summed E-state index contributed by atoms with van der Waals surface area (Å²) < 4.78 is 0. The van der Waals surface area contributed by atoms with Crippen LogP contribution in [0, 0.1) is 5.92 Å². The molecule has 1 saturated carbocycles. The highest BCUT2D eigenvalue weighted by molar-refractivity contribution is 5.79. The van der Waals surface area contributed by atoms with Gasteiger partial charge in [0.1, 0.15) is 0 Å². The van der Waals surface area contributed by atoms with E-state index in [-0.39, 0.29) is 0 Å². The van der Waals surface area contributed by atoms with Crippen molar-refractivity contribution in [1.29, 1.82) is 0 Å². The van der Waals surface area contributed by atoms with E-state index in [9.17, 15) is 0 Å². The van der Waals surface area contributed by atoms with Crippen molar-refractivity contribution in [3.8, 4) is 0 Å². The minimum absolute atomic E-state index is 0.645. The molecule has 1 atom stereocenters. The molecule has 2 rings (SSSR count). The Labute approximate surface area is 118 Å². The van der Waals surface area contributed by atoms with Crippen LogP contribution < -0.4 is 10.6 Å². The largest absolute Gasteiger partial charge is 0.356 e. The number of aliphatic imine (C=N–C) groups is 1. The molecule has 4 nitrogen and oxygen atoms in total. The lowest BCUT2D eigenvalue weighted by Gasteiger charge is -2.19. The quantitative estimate of drug-likeness (QED) is 0.589. The molecule has 1 unspecified atom stereocenters. The first-order chi connectivity index (χ1) is 9.31. The van der Waals surface area contributed by atoms with Gasteiger partial charge in [0.15, 0.2) is 5.96 Å². The maximum absolute atomic E-state index is 4.35. The Hall–Kier alpha value is -0.770. The molecule has 0 amide bonds. The molecule has 0 radical (unpaired) electrons. The molecule has 0 aromatic heterocycles.